The molecule has 0 saturated carbocycles. The number of aromatic carboxylic acids is 1. The van der Waals surface area contributed by atoms with E-state index in [1.165, 1.54) is 12.1 Å². The van der Waals surface area contributed by atoms with Gasteiger partial charge in [0, 0.05) is 12.1 Å². The van der Waals surface area contributed by atoms with Crippen LogP contribution in [-0.4, -0.2) is 30.0 Å². The summed E-state index contributed by atoms with van der Waals surface area (Å²) in [5, 5.41) is 11.9. The molecule has 0 radical (unpaired) electrons. The fourth-order valence-corrected chi connectivity index (χ4v) is 3.87. The van der Waals surface area contributed by atoms with E-state index in [4.69, 9.17) is 5.11 Å². The average Bonchev–Trinajstić information content (AvgIpc) is 2.51. The standard InChI is InChI=1S/C17H21N3O4S/c1-17(2,3)20-25(23,24)14-9-5-4-7-12(14)11-18-15-10-6-8-13(19-15)16(21)22/h4-10,20H,11H2,1-3H3,(H,18,19)(H,21,22). The first-order valence-electron chi connectivity index (χ1n) is 7.65. The molecule has 0 aliphatic heterocycles. The molecule has 1 heterocycles. The van der Waals surface area contributed by atoms with E-state index < -0.39 is 21.5 Å². The maximum absolute atomic E-state index is 12.6. The highest BCUT2D eigenvalue weighted by Crippen LogP contribution is 2.19. The van der Waals surface area contributed by atoms with Gasteiger partial charge in [-0.3, -0.25) is 0 Å². The highest BCUT2D eigenvalue weighted by Gasteiger charge is 2.24. The van der Waals surface area contributed by atoms with E-state index in [2.05, 4.69) is 15.0 Å². The van der Waals surface area contributed by atoms with Crippen molar-refractivity contribution in [2.75, 3.05) is 5.32 Å². The summed E-state index contributed by atoms with van der Waals surface area (Å²) in [5.74, 6) is -0.767. The van der Waals surface area contributed by atoms with Gasteiger partial charge in [0.15, 0.2) is 5.69 Å². The summed E-state index contributed by atoms with van der Waals surface area (Å²) in [6, 6.07) is 11.2. The Balaban J connectivity index is 2.24. The van der Waals surface area contributed by atoms with Gasteiger partial charge < -0.3 is 10.4 Å². The van der Waals surface area contributed by atoms with E-state index >= 15 is 0 Å². The second kappa shape index (κ2) is 7.20. The van der Waals surface area contributed by atoms with Crippen molar-refractivity contribution in [1.82, 2.24) is 9.71 Å². The average molecular weight is 363 g/mol. The van der Waals surface area contributed by atoms with Crippen LogP contribution in [0.2, 0.25) is 0 Å². The van der Waals surface area contributed by atoms with E-state index in [-0.39, 0.29) is 17.1 Å². The number of sulfonamides is 1. The quantitative estimate of drug-likeness (QED) is 0.727. The molecule has 1 aromatic carbocycles. The molecule has 0 bridgehead atoms. The summed E-state index contributed by atoms with van der Waals surface area (Å²) in [6.45, 7) is 5.50. The van der Waals surface area contributed by atoms with E-state index in [9.17, 15) is 13.2 Å². The van der Waals surface area contributed by atoms with E-state index in [1.807, 2.05) is 0 Å². The topological polar surface area (TPSA) is 108 Å². The van der Waals surface area contributed by atoms with Gasteiger partial charge in [-0.1, -0.05) is 24.3 Å². The number of pyridine rings is 1. The largest absolute Gasteiger partial charge is 0.477 e. The number of rotatable bonds is 6. The Morgan fingerprint density at radius 1 is 1.12 bits per heavy atom. The molecule has 7 nitrogen and oxygen atoms in total. The number of nitrogens with zero attached hydrogens (tertiary/aromatic N) is 1. The van der Waals surface area contributed by atoms with Crippen LogP contribution in [0.4, 0.5) is 5.82 Å². The molecule has 0 saturated heterocycles. The van der Waals surface area contributed by atoms with E-state index in [0.717, 1.165) is 0 Å². The molecule has 3 N–H and O–H groups in total. The number of benzene rings is 1. The van der Waals surface area contributed by atoms with Gasteiger partial charge >= 0.3 is 5.97 Å². The lowest BCUT2D eigenvalue weighted by Gasteiger charge is -2.21. The summed E-state index contributed by atoms with van der Waals surface area (Å²) < 4.78 is 27.8. The molecular weight excluding hydrogens is 342 g/mol. The van der Waals surface area contributed by atoms with E-state index in [0.29, 0.717) is 11.4 Å². The van der Waals surface area contributed by atoms with Crippen LogP contribution in [-0.2, 0) is 16.6 Å². The highest BCUT2D eigenvalue weighted by atomic mass is 32.2. The molecule has 0 spiro atoms. The van der Waals surface area contributed by atoms with Crippen LogP contribution in [0.15, 0.2) is 47.4 Å². The number of anilines is 1. The number of carbonyl (C=O) groups is 1. The molecule has 134 valence electrons. The smallest absolute Gasteiger partial charge is 0.354 e. The Morgan fingerprint density at radius 2 is 1.80 bits per heavy atom. The lowest BCUT2D eigenvalue weighted by Crippen LogP contribution is -2.40. The Bertz CT molecular complexity index is 873. The van der Waals surface area contributed by atoms with Crippen molar-refractivity contribution < 1.29 is 18.3 Å². The van der Waals surface area contributed by atoms with Crippen LogP contribution in [0.3, 0.4) is 0 Å². The number of carboxylic acid groups (broad SMARTS) is 1. The monoisotopic (exact) mass is 363 g/mol. The third-order valence-electron chi connectivity index (χ3n) is 3.13. The van der Waals surface area contributed by atoms with Gasteiger partial charge in [-0.15, -0.1) is 0 Å². The second-order valence-corrected chi connectivity index (χ2v) is 8.18. The fraction of sp³-hybridized carbons (Fsp3) is 0.294. The normalized spacial score (nSPS) is 12.0. The SMILES string of the molecule is CC(C)(C)NS(=O)(=O)c1ccccc1CNc1cccc(C(=O)O)n1. The molecule has 0 amide bonds. The number of carboxylic acids is 1. The first-order valence-corrected chi connectivity index (χ1v) is 9.13. The third kappa shape index (κ3) is 5.27. The molecule has 0 aliphatic rings. The molecule has 8 heteroatoms. The number of hydrogen-bond acceptors (Lipinski definition) is 5. The first-order chi connectivity index (χ1) is 11.6. The lowest BCUT2D eigenvalue weighted by molar-refractivity contribution is 0.0690. The summed E-state index contributed by atoms with van der Waals surface area (Å²) in [7, 11) is -3.68. The van der Waals surface area contributed by atoms with Gasteiger partial charge in [0.25, 0.3) is 0 Å². The summed E-state index contributed by atoms with van der Waals surface area (Å²) in [4.78, 5) is 15.1. The minimum absolute atomic E-state index is 0.0831. The van der Waals surface area contributed by atoms with Crippen LogP contribution in [0.25, 0.3) is 0 Å². The molecule has 1 aromatic heterocycles. The van der Waals surface area contributed by atoms with Crippen molar-refractivity contribution in [3.8, 4) is 0 Å². The van der Waals surface area contributed by atoms with Crippen molar-refractivity contribution in [3.63, 3.8) is 0 Å². The number of nitrogens with one attached hydrogen (secondary N) is 2. The minimum atomic E-state index is -3.68. The van der Waals surface area contributed by atoms with E-state index in [1.54, 1.807) is 51.1 Å². The van der Waals surface area contributed by atoms with Crippen LogP contribution < -0.4 is 10.0 Å². The zero-order valence-electron chi connectivity index (χ0n) is 14.3. The Labute approximate surface area is 147 Å². The predicted molar refractivity (Wildman–Crippen MR) is 95.0 cm³/mol. The van der Waals surface area contributed by atoms with Gasteiger partial charge in [-0.2, -0.15) is 0 Å². The van der Waals surface area contributed by atoms with Gasteiger partial charge in [-0.25, -0.2) is 22.9 Å². The fourth-order valence-electron chi connectivity index (χ4n) is 2.21. The van der Waals surface area contributed by atoms with Crippen LogP contribution in [0.5, 0.6) is 0 Å². The number of hydrogen-bond donors (Lipinski definition) is 3. The zero-order chi connectivity index (χ0) is 18.7. The van der Waals surface area contributed by atoms with Gasteiger partial charge in [0.05, 0.1) is 4.90 Å². The van der Waals surface area contributed by atoms with Gasteiger partial charge in [0.2, 0.25) is 10.0 Å². The Kier molecular flexibility index (Phi) is 5.44. The van der Waals surface area contributed by atoms with Crippen LogP contribution in [0, 0.1) is 0 Å². The second-order valence-electron chi connectivity index (χ2n) is 6.53. The molecular formula is C17H21N3O4S. The summed E-state index contributed by atoms with van der Waals surface area (Å²) in [6.07, 6.45) is 0. The van der Waals surface area contributed by atoms with Crippen molar-refractivity contribution in [2.45, 2.75) is 37.8 Å². The Morgan fingerprint density at radius 3 is 2.44 bits per heavy atom. The molecule has 2 rings (SSSR count). The molecule has 2 aromatic rings. The zero-order valence-corrected chi connectivity index (χ0v) is 15.1. The lowest BCUT2D eigenvalue weighted by atomic mass is 10.1. The first kappa shape index (κ1) is 18.9. The van der Waals surface area contributed by atoms with Crippen molar-refractivity contribution >= 4 is 21.8 Å². The summed E-state index contributed by atoms with van der Waals surface area (Å²) in [5.41, 5.74) is -0.126. The highest BCUT2D eigenvalue weighted by molar-refractivity contribution is 7.89. The van der Waals surface area contributed by atoms with Crippen molar-refractivity contribution in [2.24, 2.45) is 0 Å². The van der Waals surface area contributed by atoms with Crippen LogP contribution in [0.1, 0.15) is 36.8 Å². The minimum Gasteiger partial charge on any atom is -0.477 e. The van der Waals surface area contributed by atoms with Crippen molar-refractivity contribution in [3.05, 3.63) is 53.7 Å². The Hall–Kier alpha value is -2.45. The molecule has 0 atom stereocenters. The predicted octanol–water partition coefficient (Wildman–Crippen LogP) is 2.47. The molecule has 0 aliphatic carbocycles. The maximum Gasteiger partial charge on any atom is 0.354 e. The van der Waals surface area contributed by atoms with Gasteiger partial charge in [-0.05, 0) is 44.5 Å². The molecule has 25 heavy (non-hydrogen) atoms. The third-order valence-corrected chi connectivity index (χ3v) is 4.99. The van der Waals surface area contributed by atoms with Crippen molar-refractivity contribution in [1.29, 1.82) is 0 Å². The molecule has 0 unspecified atom stereocenters. The number of aromatic nitrogens is 1. The van der Waals surface area contributed by atoms with Crippen LogP contribution >= 0.6 is 0 Å². The molecule has 0 fully saturated rings. The summed E-state index contributed by atoms with van der Waals surface area (Å²) >= 11 is 0. The van der Waals surface area contributed by atoms with Gasteiger partial charge in [0.1, 0.15) is 5.82 Å². The maximum atomic E-state index is 12.6.